The quantitative estimate of drug-likeness (QED) is 0.578. The molecule has 2 N–H and O–H groups in total. The maximum absolute atomic E-state index is 10.0. The maximum Gasteiger partial charge on any atom is 0.0429 e. The van der Waals surface area contributed by atoms with Crippen molar-refractivity contribution in [2.45, 2.75) is 32.7 Å². The van der Waals surface area contributed by atoms with Gasteiger partial charge in [0.15, 0.2) is 0 Å². The van der Waals surface area contributed by atoms with E-state index in [0.717, 1.165) is 6.42 Å². The molecular formula is C7H14NO2-. The monoisotopic (exact) mass is 144 g/mol. The molecule has 0 aromatic heterocycles. The molecule has 0 fully saturated rings. The summed E-state index contributed by atoms with van der Waals surface area (Å²) in [5.41, 5.74) is 5.45. The lowest BCUT2D eigenvalue weighted by Gasteiger charge is -2.13. The van der Waals surface area contributed by atoms with Gasteiger partial charge in [0.25, 0.3) is 0 Å². The molecule has 3 nitrogen and oxygen atoms in total. The Balaban J connectivity index is 3.43. The highest BCUT2D eigenvalue weighted by Crippen LogP contribution is 2.04. The zero-order valence-electron chi connectivity index (χ0n) is 6.46. The van der Waals surface area contributed by atoms with E-state index in [0.29, 0.717) is 5.92 Å². The maximum atomic E-state index is 10.0. The van der Waals surface area contributed by atoms with Crippen molar-refractivity contribution in [3.63, 3.8) is 0 Å². The molecule has 0 saturated carbocycles. The fraction of sp³-hybridized carbons (Fsp3) is 0.857. The number of nitrogens with two attached hydrogens (primary N) is 1. The minimum absolute atomic E-state index is 0.0296. The van der Waals surface area contributed by atoms with Gasteiger partial charge >= 0.3 is 0 Å². The highest BCUT2D eigenvalue weighted by Gasteiger charge is 2.04. The van der Waals surface area contributed by atoms with Crippen LogP contribution in [-0.2, 0) is 4.79 Å². The van der Waals surface area contributed by atoms with Crippen molar-refractivity contribution < 1.29 is 9.90 Å². The van der Waals surface area contributed by atoms with Crippen LogP contribution < -0.4 is 10.8 Å². The van der Waals surface area contributed by atoms with E-state index >= 15 is 0 Å². The topological polar surface area (TPSA) is 66.2 Å². The summed E-state index contributed by atoms with van der Waals surface area (Å²) in [6.45, 7) is 4.02. The SMILES string of the molecule is CC(C)CC(N)CC(=O)[O-]. The average Bonchev–Trinajstić information content (AvgIpc) is 1.58. The molecule has 3 heteroatoms. The normalized spacial score (nSPS) is 13.6. The lowest BCUT2D eigenvalue weighted by molar-refractivity contribution is -0.306. The van der Waals surface area contributed by atoms with Crippen molar-refractivity contribution in [2.75, 3.05) is 0 Å². The first-order chi connectivity index (χ1) is 4.52. The molecule has 0 amide bonds. The van der Waals surface area contributed by atoms with Gasteiger partial charge < -0.3 is 15.6 Å². The van der Waals surface area contributed by atoms with Crippen LogP contribution in [-0.4, -0.2) is 12.0 Å². The second kappa shape index (κ2) is 4.28. The number of hydrogen-bond donors (Lipinski definition) is 1. The number of carbonyl (C=O) groups is 1. The van der Waals surface area contributed by atoms with Gasteiger partial charge in [0.1, 0.15) is 0 Å². The lowest BCUT2D eigenvalue weighted by atomic mass is 10.0. The molecule has 0 radical (unpaired) electrons. The molecule has 0 rings (SSSR count). The lowest BCUT2D eigenvalue weighted by Crippen LogP contribution is -2.32. The third-order valence-electron chi connectivity index (χ3n) is 1.20. The number of hydrogen-bond acceptors (Lipinski definition) is 3. The minimum atomic E-state index is -1.06. The summed E-state index contributed by atoms with van der Waals surface area (Å²) in [5.74, 6) is -0.609. The summed E-state index contributed by atoms with van der Waals surface area (Å²) in [6.07, 6.45) is 0.714. The van der Waals surface area contributed by atoms with E-state index < -0.39 is 5.97 Å². The second-order valence-electron chi connectivity index (χ2n) is 2.97. The summed E-state index contributed by atoms with van der Waals surface area (Å²) < 4.78 is 0. The summed E-state index contributed by atoms with van der Waals surface area (Å²) in [4.78, 5) is 10.0. The number of carboxylic acid groups (broad SMARTS) is 1. The largest absolute Gasteiger partial charge is 0.550 e. The van der Waals surface area contributed by atoms with Crippen LogP contribution in [0.4, 0.5) is 0 Å². The molecular weight excluding hydrogens is 130 g/mol. The van der Waals surface area contributed by atoms with E-state index in [2.05, 4.69) is 0 Å². The summed E-state index contributed by atoms with van der Waals surface area (Å²) >= 11 is 0. The second-order valence-corrected chi connectivity index (χ2v) is 2.97. The third-order valence-corrected chi connectivity index (χ3v) is 1.20. The van der Waals surface area contributed by atoms with Gasteiger partial charge in [0.05, 0.1) is 0 Å². The third kappa shape index (κ3) is 5.56. The van der Waals surface area contributed by atoms with Gasteiger partial charge in [-0.1, -0.05) is 13.8 Å². The molecule has 1 unspecified atom stereocenters. The molecule has 0 aliphatic rings. The van der Waals surface area contributed by atoms with Gasteiger partial charge in [-0.15, -0.1) is 0 Å². The number of rotatable bonds is 4. The van der Waals surface area contributed by atoms with Crippen LogP contribution in [0.1, 0.15) is 26.7 Å². The van der Waals surface area contributed by atoms with Crippen molar-refractivity contribution in [3.05, 3.63) is 0 Å². The molecule has 1 atom stereocenters. The Hall–Kier alpha value is -0.570. The molecule has 0 heterocycles. The molecule has 0 aromatic carbocycles. The zero-order valence-corrected chi connectivity index (χ0v) is 6.46. The molecule has 0 bridgehead atoms. The Morgan fingerprint density at radius 3 is 2.40 bits per heavy atom. The van der Waals surface area contributed by atoms with Crippen molar-refractivity contribution >= 4 is 5.97 Å². The Labute approximate surface area is 61.2 Å². The predicted molar refractivity (Wildman–Crippen MR) is 37.1 cm³/mol. The highest BCUT2D eigenvalue weighted by molar-refractivity contribution is 5.64. The fourth-order valence-corrected chi connectivity index (χ4v) is 0.903. The number of carbonyl (C=O) groups excluding carboxylic acids is 1. The average molecular weight is 144 g/mol. The molecule has 0 spiro atoms. The Morgan fingerprint density at radius 2 is 2.10 bits per heavy atom. The summed E-state index contributed by atoms with van der Waals surface area (Å²) in [6, 6.07) is -0.245. The van der Waals surface area contributed by atoms with Crippen LogP contribution in [0.25, 0.3) is 0 Å². The van der Waals surface area contributed by atoms with E-state index in [1.807, 2.05) is 13.8 Å². The standard InChI is InChI=1S/C7H15NO2/c1-5(2)3-6(8)4-7(9)10/h5-6H,3-4,8H2,1-2H3,(H,9,10)/p-1. The molecule has 0 aromatic rings. The number of aliphatic carboxylic acids is 1. The van der Waals surface area contributed by atoms with Gasteiger partial charge in [0.2, 0.25) is 0 Å². The van der Waals surface area contributed by atoms with E-state index in [1.54, 1.807) is 0 Å². The first-order valence-electron chi connectivity index (χ1n) is 3.47. The van der Waals surface area contributed by atoms with Gasteiger partial charge in [-0.2, -0.15) is 0 Å². The molecule has 0 aliphatic heterocycles. The minimum Gasteiger partial charge on any atom is -0.550 e. The van der Waals surface area contributed by atoms with Gasteiger partial charge in [-0.3, -0.25) is 0 Å². The first-order valence-corrected chi connectivity index (χ1v) is 3.47. The Kier molecular flexibility index (Phi) is 4.03. The molecule has 10 heavy (non-hydrogen) atoms. The molecule has 0 saturated heterocycles. The molecule has 0 aliphatic carbocycles. The van der Waals surface area contributed by atoms with E-state index in [4.69, 9.17) is 5.73 Å². The van der Waals surface area contributed by atoms with Crippen molar-refractivity contribution in [1.29, 1.82) is 0 Å². The van der Waals surface area contributed by atoms with Crippen molar-refractivity contribution in [1.82, 2.24) is 0 Å². The van der Waals surface area contributed by atoms with Gasteiger partial charge in [-0.25, -0.2) is 0 Å². The van der Waals surface area contributed by atoms with Gasteiger partial charge in [-0.05, 0) is 12.3 Å². The highest BCUT2D eigenvalue weighted by atomic mass is 16.4. The predicted octanol–water partition coefficient (Wildman–Crippen LogP) is -0.500. The van der Waals surface area contributed by atoms with Crippen molar-refractivity contribution in [2.24, 2.45) is 11.7 Å². The summed E-state index contributed by atoms with van der Waals surface area (Å²) in [5, 5.41) is 10.0. The van der Waals surface area contributed by atoms with E-state index in [-0.39, 0.29) is 12.5 Å². The Bertz CT molecular complexity index is 112. The summed E-state index contributed by atoms with van der Waals surface area (Å²) in [7, 11) is 0. The zero-order chi connectivity index (χ0) is 8.15. The van der Waals surface area contributed by atoms with Crippen LogP contribution in [0.5, 0.6) is 0 Å². The van der Waals surface area contributed by atoms with E-state index in [9.17, 15) is 9.90 Å². The van der Waals surface area contributed by atoms with Crippen LogP contribution >= 0.6 is 0 Å². The van der Waals surface area contributed by atoms with Crippen LogP contribution in [0, 0.1) is 5.92 Å². The van der Waals surface area contributed by atoms with Crippen LogP contribution in [0.2, 0.25) is 0 Å². The Morgan fingerprint density at radius 1 is 1.60 bits per heavy atom. The van der Waals surface area contributed by atoms with Crippen LogP contribution in [0.15, 0.2) is 0 Å². The molecule has 60 valence electrons. The first kappa shape index (κ1) is 9.43. The smallest absolute Gasteiger partial charge is 0.0429 e. The van der Waals surface area contributed by atoms with Crippen LogP contribution in [0.3, 0.4) is 0 Å². The van der Waals surface area contributed by atoms with Crippen molar-refractivity contribution in [3.8, 4) is 0 Å². The van der Waals surface area contributed by atoms with Gasteiger partial charge in [0, 0.05) is 18.4 Å². The fourth-order valence-electron chi connectivity index (χ4n) is 0.903. The van der Waals surface area contributed by atoms with E-state index in [1.165, 1.54) is 0 Å². The number of carboxylic acids is 1.